The molecule has 2 aromatic carbocycles. The van der Waals surface area contributed by atoms with Gasteiger partial charge in [-0.15, -0.1) is 0 Å². The predicted molar refractivity (Wildman–Crippen MR) is 161 cm³/mol. The van der Waals surface area contributed by atoms with Crippen LogP contribution in [0, 0.1) is 11.3 Å². The lowest BCUT2D eigenvalue weighted by Gasteiger charge is -2.28. The van der Waals surface area contributed by atoms with E-state index in [0.29, 0.717) is 37.8 Å². The second-order valence-electron chi connectivity index (χ2n) is 12.3. The third-order valence-corrected chi connectivity index (χ3v) is 8.14. The summed E-state index contributed by atoms with van der Waals surface area (Å²) in [6.07, 6.45) is 4.34. The monoisotopic (exact) mass is 574 g/mol. The number of benzene rings is 2. The number of ether oxygens (including phenoxy) is 1. The first-order valence-corrected chi connectivity index (χ1v) is 14.9. The highest BCUT2D eigenvalue weighted by atomic mass is 16.5. The number of fused-ring (bicyclic) bond motifs is 3. The first kappa shape index (κ1) is 31.2. The van der Waals surface area contributed by atoms with E-state index in [-0.39, 0.29) is 35.4 Å². The highest BCUT2D eigenvalue weighted by Crippen LogP contribution is 2.44. The zero-order valence-corrected chi connectivity index (χ0v) is 24.8. The number of aliphatic carboxylic acids is 1. The van der Waals surface area contributed by atoms with E-state index in [9.17, 15) is 24.3 Å². The van der Waals surface area contributed by atoms with Gasteiger partial charge in [-0.25, -0.2) is 9.59 Å². The molecule has 8 heteroatoms. The van der Waals surface area contributed by atoms with Gasteiger partial charge in [0.2, 0.25) is 0 Å². The normalized spacial score (nSPS) is 17.3. The number of hydrogen-bond donors (Lipinski definition) is 3. The van der Waals surface area contributed by atoms with Crippen LogP contribution in [-0.2, 0) is 19.1 Å². The van der Waals surface area contributed by atoms with Gasteiger partial charge in [0, 0.05) is 18.8 Å². The summed E-state index contributed by atoms with van der Waals surface area (Å²) in [7, 11) is 0. The van der Waals surface area contributed by atoms with Crippen LogP contribution in [0.1, 0.15) is 76.3 Å². The van der Waals surface area contributed by atoms with Gasteiger partial charge in [0.15, 0.2) is 11.6 Å². The smallest absolute Gasteiger partial charge is 0.407 e. The molecule has 0 aromatic heterocycles. The molecule has 1 unspecified atom stereocenters. The molecule has 1 fully saturated rings. The molecule has 42 heavy (non-hydrogen) atoms. The van der Waals surface area contributed by atoms with Crippen molar-refractivity contribution < 1.29 is 29.0 Å². The standard InChI is InChI=1S/C34H42N2O6/c1-22(18-27-30(37)19-34(2,3)20-31(27)38)15-17-35-16-9-8-14-29(32(39)40)36-33(41)42-21-28-25-12-6-4-10-23(25)24-11-5-7-13-26(24)28/h4-7,10-13,18,22,28-29,35H,8-9,14-17,19-21H2,1-3H3,(H,36,41)(H,39,40)/t22-,29?/m0/s1. The fourth-order valence-electron chi connectivity index (χ4n) is 5.92. The van der Waals surface area contributed by atoms with E-state index in [1.165, 1.54) is 0 Å². The number of alkyl carbamates (subject to hydrolysis) is 1. The highest BCUT2D eigenvalue weighted by Gasteiger charge is 2.35. The summed E-state index contributed by atoms with van der Waals surface area (Å²) in [5.74, 6) is -1.20. The van der Waals surface area contributed by atoms with Crippen LogP contribution >= 0.6 is 0 Å². The van der Waals surface area contributed by atoms with E-state index >= 15 is 0 Å². The molecule has 8 nitrogen and oxygen atoms in total. The first-order valence-electron chi connectivity index (χ1n) is 14.9. The molecule has 4 rings (SSSR count). The largest absolute Gasteiger partial charge is 0.480 e. The van der Waals surface area contributed by atoms with Crippen molar-refractivity contribution in [2.75, 3.05) is 19.7 Å². The van der Waals surface area contributed by atoms with E-state index < -0.39 is 18.1 Å². The summed E-state index contributed by atoms with van der Waals surface area (Å²) < 4.78 is 5.51. The molecule has 0 heterocycles. The predicted octanol–water partition coefficient (Wildman–Crippen LogP) is 5.65. The molecule has 2 aliphatic rings. The molecule has 0 bridgehead atoms. The second-order valence-corrected chi connectivity index (χ2v) is 12.3. The molecule has 0 aliphatic heterocycles. The average molecular weight is 575 g/mol. The Labute approximate surface area is 247 Å². The van der Waals surface area contributed by atoms with Crippen LogP contribution in [0.3, 0.4) is 0 Å². The Morgan fingerprint density at radius 2 is 1.55 bits per heavy atom. The number of hydrogen-bond acceptors (Lipinski definition) is 6. The molecular formula is C34H42N2O6. The molecule has 2 aliphatic carbocycles. The number of allylic oxidation sites excluding steroid dienone is 2. The van der Waals surface area contributed by atoms with E-state index in [1.54, 1.807) is 0 Å². The number of carboxylic acids is 1. The number of ketones is 2. The fraction of sp³-hybridized carbons (Fsp3) is 0.471. The van der Waals surface area contributed by atoms with Crippen molar-refractivity contribution in [3.63, 3.8) is 0 Å². The average Bonchev–Trinajstić information content (AvgIpc) is 3.25. The van der Waals surface area contributed by atoms with Crippen LogP contribution in [0.4, 0.5) is 4.79 Å². The maximum atomic E-state index is 12.5. The van der Waals surface area contributed by atoms with Crippen molar-refractivity contribution in [2.24, 2.45) is 11.3 Å². The molecule has 224 valence electrons. The molecule has 0 saturated heterocycles. The molecule has 2 atom stereocenters. The van der Waals surface area contributed by atoms with Crippen molar-refractivity contribution in [2.45, 2.75) is 71.3 Å². The van der Waals surface area contributed by atoms with Crippen LogP contribution < -0.4 is 10.6 Å². The van der Waals surface area contributed by atoms with Gasteiger partial charge >= 0.3 is 12.1 Å². The summed E-state index contributed by atoms with van der Waals surface area (Å²) in [6.45, 7) is 7.45. The van der Waals surface area contributed by atoms with Crippen LogP contribution in [0.15, 0.2) is 60.2 Å². The lowest BCUT2D eigenvalue weighted by Crippen LogP contribution is -2.41. The maximum absolute atomic E-state index is 12.5. The zero-order chi connectivity index (χ0) is 30.3. The van der Waals surface area contributed by atoms with Gasteiger partial charge in [-0.2, -0.15) is 0 Å². The number of carbonyl (C=O) groups excluding carboxylic acids is 3. The quantitative estimate of drug-likeness (QED) is 0.161. The number of rotatable bonds is 13. The Balaban J connectivity index is 1.14. The SMILES string of the molecule is C[C@H](C=C1C(=O)CC(C)(C)CC1=O)CCNCCCCC(NC(=O)OCC1c2ccccc2-c2ccccc21)C(=O)O. The van der Waals surface area contributed by atoms with E-state index in [0.717, 1.165) is 41.6 Å². The lowest BCUT2D eigenvalue weighted by molar-refractivity contribution is -0.139. The third-order valence-electron chi connectivity index (χ3n) is 8.14. The van der Waals surface area contributed by atoms with Gasteiger partial charge < -0.3 is 20.5 Å². The van der Waals surface area contributed by atoms with E-state index in [1.807, 2.05) is 63.2 Å². The summed E-state index contributed by atoms with van der Waals surface area (Å²) in [6, 6.07) is 15.1. The third kappa shape index (κ3) is 7.94. The van der Waals surface area contributed by atoms with Crippen LogP contribution in [-0.4, -0.2) is 54.5 Å². The van der Waals surface area contributed by atoms with Gasteiger partial charge in [-0.3, -0.25) is 9.59 Å². The molecule has 0 radical (unpaired) electrons. The minimum Gasteiger partial charge on any atom is -0.480 e. The molecule has 3 N–H and O–H groups in total. The van der Waals surface area contributed by atoms with Gasteiger partial charge in [-0.1, -0.05) is 75.4 Å². The molecule has 0 spiro atoms. The Kier molecular flexibility index (Phi) is 10.3. The van der Waals surface area contributed by atoms with Crippen LogP contribution in [0.2, 0.25) is 0 Å². The molecule has 1 amide bonds. The first-order chi connectivity index (χ1) is 20.1. The topological polar surface area (TPSA) is 122 Å². The van der Waals surface area contributed by atoms with Gasteiger partial charge in [0.25, 0.3) is 0 Å². The minimum atomic E-state index is -1.09. The van der Waals surface area contributed by atoms with Gasteiger partial charge in [0.05, 0.1) is 5.57 Å². The van der Waals surface area contributed by atoms with Crippen molar-refractivity contribution >= 4 is 23.6 Å². The summed E-state index contributed by atoms with van der Waals surface area (Å²) >= 11 is 0. The summed E-state index contributed by atoms with van der Waals surface area (Å²) in [5.41, 5.74) is 4.54. The summed E-state index contributed by atoms with van der Waals surface area (Å²) in [5, 5.41) is 15.5. The number of Topliss-reactive ketones (excluding diaryl/α,β-unsaturated/α-hetero) is 2. The Morgan fingerprint density at radius 1 is 0.952 bits per heavy atom. The number of unbranched alkanes of at least 4 members (excludes halogenated alkanes) is 1. The van der Waals surface area contributed by atoms with Gasteiger partial charge in [0.1, 0.15) is 12.6 Å². The lowest BCUT2D eigenvalue weighted by atomic mass is 9.73. The van der Waals surface area contributed by atoms with E-state index in [2.05, 4.69) is 22.8 Å². The molecular weight excluding hydrogens is 532 g/mol. The number of carboxylic acid groups (broad SMARTS) is 1. The number of carbonyl (C=O) groups is 4. The molecule has 2 aromatic rings. The highest BCUT2D eigenvalue weighted by molar-refractivity contribution is 6.22. The number of amides is 1. The van der Waals surface area contributed by atoms with Crippen molar-refractivity contribution in [3.05, 3.63) is 71.3 Å². The Hall–Kier alpha value is -3.78. The van der Waals surface area contributed by atoms with Crippen molar-refractivity contribution in [1.29, 1.82) is 0 Å². The van der Waals surface area contributed by atoms with Crippen molar-refractivity contribution in [1.82, 2.24) is 10.6 Å². The fourth-order valence-corrected chi connectivity index (χ4v) is 5.92. The maximum Gasteiger partial charge on any atom is 0.407 e. The Bertz CT molecular complexity index is 1280. The molecule has 1 saturated carbocycles. The Morgan fingerprint density at radius 3 is 2.14 bits per heavy atom. The summed E-state index contributed by atoms with van der Waals surface area (Å²) in [4.78, 5) is 49.1. The minimum absolute atomic E-state index is 0.0595. The van der Waals surface area contributed by atoms with E-state index in [4.69, 9.17) is 4.74 Å². The van der Waals surface area contributed by atoms with Gasteiger partial charge in [-0.05, 0) is 72.4 Å². The van der Waals surface area contributed by atoms with Crippen molar-refractivity contribution in [3.8, 4) is 11.1 Å². The van der Waals surface area contributed by atoms with Crippen LogP contribution in [0.5, 0.6) is 0 Å². The number of nitrogens with one attached hydrogen (secondary N) is 2. The second kappa shape index (κ2) is 13.9. The van der Waals surface area contributed by atoms with Crippen LogP contribution in [0.25, 0.3) is 11.1 Å². The zero-order valence-electron chi connectivity index (χ0n) is 24.8.